The number of hydrogen-bond acceptors (Lipinski definition) is 3. The molecule has 0 saturated carbocycles. The van der Waals surface area contributed by atoms with Crippen LogP contribution in [0.1, 0.15) is 10.4 Å². The Labute approximate surface area is 108 Å². The summed E-state index contributed by atoms with van der Waals surface area (Å²) in [6, 6.07) is 4.96. The number of aromatic nitrogens is 1. The number of hydrogen-bond donors (Lipinski definition) is 1. The van der Waals surface area contributed by atoms with Gasteiger partial charge in [0.2, 0.25) is 0 Å². The number of pyridine rings is 1. The van der Waals surface area contributed by atoms with Gasteiger partial charge in [0.05, 0.1) is 23.1 Å². The molecule has 2 aromatic rings. The van der Waals surface area contributed by atoms with Gasteiger partial charge in [-0.1, -0.05) is 6.07 Å². The van der Waals surface area contributed by atoms with E-state index in [1.807, 2.05) is 0 Å². The number of amides is 1. The fourth-order valence-electron chi connectivity index (χ4n) is 1.66. The lowest BCUT2D eigenvalue weighted by Crippen LogP contribution is -2.28. The maximum atomic E-state index is 13.6. The summed E-state index contributed by atoms with van der Waals surface area (Å²) < 4.78 is 26.7. The van der Waals surface area contributed by atoms with E-state index in [0.717, 1.165) is 11.0 Å². The van der Waals surface area contributed by atoms with Crippen LogP contribution in [0.4, 0.5) is 20.2 Å². The summed E-state index contributed by atoms with van der Waals surface area (Å²) in [4.78, 5) is 17.1. The zero-order valence-electron chi connectivity index (χ0n) is 10.1. The number of carbonyl (C=O) groups is 1. The first-order chi connectivity index (χ1) is 9.02. The lowest BCUT2D eigenvalue weighted by Gasteiger charge is -2.19. The van der Waals surface area contributed by atoms with Crippen LogP contribution in [0.15, 0.2) is 36.7 Å². The minimum absolute atomic E-state index is 0.273. The van der Waals surface area contributed by atoms with E-state index < -0.39 is 17.5 Å². The van der Waals surface area contributed by atoms with Crippen molar-refractivity contribution in [2.75, 3.05) is 17.7 Å². The van der Waals surface area contributed by atoms with Crippen LogP contribution < -0.4 is 10.6 Å². The standard InChI is InChI=1S/C13H11F2N3O/c1-18(11-5-6-17-7-10(11)16)13(19)8-3-2-4-9(14)12(8)15/h2-7H,16H2,1H3. The van der Waals surface area contributed by atoms with Gasteiger partial charge in [0.15, 0.2) is 11.6 Å². The molecule has 2 rings (SSSR count). The molecule has 0 atom stereocenters. The van der Waals surface area contributed by atoms with E-state index in [0.29, 0.717) is 5.69 Å². The number of nitrogen functional groups attached to an aromatic ring is 1. The molecule has 0 spiro atoms. The molecule has 0 saturated heterocycles. The molecular formula is C13H11F2N3O. The number of carbonyl (C=O) groups excluding carboxylic acids is 1. The summed E-state index contributed by atoms with van der Waals surface area (Å²) in [5, 5.41) is 0. The van der Waals surface area contributed by atoms with Crippen molar-refractivity contribution in [3.8, 4) is 0 Å². The van der Waals surface area contributed by atoms with E-state index >= 15 is 0 Å². The molecule has 1 heterocycles. The SMILES string of the molecule is CN(C(=O)c1cccc(F)c1F)c1ccncc1N. The minimum Gasteiger partial charge on any atom is -0.396 e. The van der Waals surface area contributed by atoms with Gasteiger partial charge in [0.25, 0.3) is 5.91 Å². The van der Waals surface area contributed by atoms with Gasteiger partial charge >= 0.3 is 0 Å². The fraction of sp³-hybridized carbons (Fsp3) is 0.0769. The first kappa shape index (κ1) is 12.9. The second kappa shape index (κ2) is 5.01. The third kappa shape index (κ3) is 2.37. The van der Waals surface area contributed by atoms with E-state index in [4.69, 9.17) is 5.73 Å². The summed E-state index contributed by atoms with van der Waals surface area (Å²) in [5.41, 5.74) is 5.98. The molecule has 4 nitrogen and oxygen atoms in total. The quantitative estimate of drug-likeness (QED) is 0.903. The molecule has 2 N–H and O–H groups in total. The highest BCUT2D eigenvalue weighted by molar-refractivity contribution is 6.07. The number of anilines is 2. The Hall–Kier alpha value is -2.50. The van der Waals surface area contributed by atoms with Crippen LogP contribution in [0.3, 0.4) is 0 Å². The van der Waals surface area contributed by atoms with Gasteiger partial charge in [0, 0.05) is 13.2 Å². The predicted molar refractivity (Wildman–Crippen MR) is 67.7 cm³/mol. The lowest BCUT2D eigenvalue weighted by molar-refractivity contribution is 0.0988. The van der Waals surface area contributed by atoms with E-state index in [2.05, 4.69) is 4.98 Å². The summed E-state index contributed by atoms with van der Waals surface area (Å²) in [7, 11) is 1.43. The zero-order chi connectivity index (χ0) is 14.0. The Balaban J connectivity index is 2.40. The third-order valence-electron chi connectivity index (χ3n) is 2.68. The van der Waals surface area contributed by atoms with Crippen LogP contribution in [0, 0.1) is 11.6 Å². The van der Waals surface area contributed by atoms with Gasteiger partial charge in [-0.3, -0.25) is 9.78 Å². The Morgan fingerprint density at radius 1 is 1.32 bits per heavy atom. The molecule has 0 aliphatic heterocycles. The molecule has 0 aliphatic rings. The minimum atomic E-state index is -1.17. The number of nitrogens with two attached hydrogens (primary N) is 1. The summed E-state index contributed by atoms with van der Waals surface area (Å²) >= 11 is 0. The van der Waals surface area contributed by atoms with Gasteiger partial charge < -0.3 is 10.6 Å². The maximum absolute atomic E-state index is 13.6. The predicted octanol–water partition coefficient (Wildman–Crippen LogP) is 2.22. The van der Waals surface area contributed by atoms with Gasteiger partial charge in [-0.25, -0.2) is 8.78 Å². The van der Waals surface area contributed by atoms with Crippen molar-refractivity contribution in [1.29, 1.82) is 0 Å². The smallest absolute Gasteiger partial charge is 0.261 e. The van der Waals surface area contributed by atoms with E-state index in [9.17, 15) is 13.6 Å². The van der Waals surface area contributed by atoms with Crippen LogP contribution in [0.25, 0.3) is 0 Å². The zero-order valence-corrected chi connectivity index (χ0v) is 10.1. The number of nitrogens with zero attached hydrogens (tertiary/aromatic N) is 2. The topological polar surface area (TPSA) is 59.2 Å². The largest absolute Gasteiger partial charge is 0.396 e. The molecular weight excluding hydrogens is 252 g/mol. The highest BCUT2D eigenvalue weighted by Gasteiger charge is 2.20. The van der Waals surface area contributed by atoms with Crippen LogP contribution in [-0.4, -0.2) is 17.9 Å². The molecule has 0 fully saturated rings. The Bertz CT molecular complexity index is 631. The molecule has 0 aliphatic carbocycles. The molecule has 1 amide bonds. The van der Waals surface area contributed by atoms with Crippen molar-refractivity contribution in [3.63, 3.8) is 0 Å². The first-order valence-electron chi connectivity index (χ1n) is 5.44. The van der Waals surface area contributed by atoms with E-state index in [1.165, 1.54) is 37.6 Å². The van der Waals surface area contributed by atoms with Crippen LogP contribution >= 0.6 is 0 Å². The monoisotopic (exact) mass is 263 g/mol. The van der Waals surface area contributed by atoms with Crippen LogP contribution in [0.2, 0.25) is 0 Å². The highest BCUT2D eigenvalue weighted by Crippen LogP contribution is 2.23. The second-order valence-corrected chi connectivity index (χ2v) is 3.90. The summed E-state index contributed by atoms with van der Waals surface area (Å²) in [6.45, 7) is 0. The summed E-state index contributed by atoms with van der Waals surface area (Å²) in [6.07, 6.45) is 2.83. The molecule has 1 aromatic carbocycles. The van der Waals surface area contributed by atoms with Crippen LogP contribution in [0.5, 0.6) is 0 Å². The van der Waals surface area contributed by atoms with Crippen molar-refractivity contribution in [2.24, 2.45) is 0 Å². The molecule has 0 bridgehead atoms. The number of rotatable bonds is 2. The second-order valence-electron chi connectivity index (χ2n) is 3.90. The van der Waals surface area contributed by atoms with Crippen molar-refractivity contribution in [2.45, 2.75) is 0 Å². The molecule has 98 valence electrons. The molecule has 0 radical (unpaired) electrons. The van der Waals surface area contributed by atoms with Gasteiger partial charge in [-0.05, 0) is 18.2 Å². The van der Waals surface area contributed by atoms with Crippen molar-refractivity contribution in [1.82, 2.24) is 4.98 Å². The Morgan fingerprint density at radius 3 is 2.74 bits per heavy atom. The molecule has 6 heteroatoms. The van der Waals surface area contributed by atoms with Crippen molar-refractivity contribution in [3.05, 3.63) is 53.9 Å². The maximum Gasteiger partial charge on any atom is 0.261 e. The van der Waals surface area contributed by atoms with E-state index in [1.54, 1.807) is 0 Å². The van der Waals surface area contributed by atoms with Gasteiger partial charge in [-0.15, -0.1) is 0 Å². The van der Waals surface area contributed by atoms with Crippen LogP contribution in [-0.2, 0) is 0 Å². The summed E-state index contributed by atoms with van der Waals surface area (Å²) in [5.74, 6) is -2.93. The number of benzene rings is 1. The van der Waals surface area contributed by atoms with Crippen molar-refractivity contribution >= 4 is 17.3 Å². The van der Waals surface area contributed by atoms with Gasteiger partial charge in [0.1, 0.15) is 0 Å². The van der Waals surface area contributed by atoms with Crippen molar-refractivity contribution < 1.29 is 13.6 Å². The molecule has 19 heavy (non-hydrogen) atoms. The molecule has 0 unspecified atom stereocenters. The average molecular weight is 263 g/mol. The first-order valence-corrected chi connectivity index (χ1v) is 5.44. The average Bonchev–Trinajstić information content (AvgIpc) is 2.41. The number of halogens is 2. The fourth-order valence-corrected chi connectivity index (χ4v) is 1.66. The van der Waals surface area contributed by atoms with Gasteiger partial charge in [-0.2, -0.15) is 0 Å². The van der Waals surface area contributed by atoms with E-state index in [-0.39, 0.29) is 11.3 Å². The lowest BCUT2D eigenvalue weighted by atomic mass is 10.1. The Kier molecular flexibility index (Phi) is 3.41. The Morgan fingerprint density at radius 2 is 2.05 bits per heavy atom. The highest BCUT2D eigenvalue weighted by atomic mass is 19.2. The normalized spacial score (nSPS) is 10.3. The third-order valence-corrected chi connectivity index (χ3v) is 2.68. The molecule has 1 aromatic heterocycles.